The van der Waals surface area contributed by atoms with Crippen molar-refractivity contribution in [3.8, 4) is 0 Å². The van der Waals surface area contributed by atoms with E-state index in [1.54, 1.807) is 7.05 Å². The maximum Gasteiger partial charge on any atom is 0.239 e. The second-order valence-electron chi connectivity index (χ2n) is 5.53. The number of thioether (sulfide) groups is 1. The number of amides is 2. The molecule has 2 N–H and O–H groups in total. The molecule has 1 saturated carbocycles. The normalized spacial score (nSPS) is 13.7. The first-order chi connectivity index (χ1) is 11.1. The van der Waals surface area contributed by atoms with E-state index in [1.165, 1.54) is 28.0 Å². The van der Waals surface area contributed by atoms with Gasteiger partial charge in [0, 0.05) is 19.6 Å². The molecule has 0 saturated heterocycles. The molecular formula is C14H23N5O2S2. The lowest BCUT2D eigenvalue weighted by molar-refractivity contribution is -0.132. The molecule has 2 amide bonds. The highest BCUT2D eigenvalue weighted by Crippen LogP contribution is 2.25. The molecule has 2 rings (SSSR count). The van der Waals surface area contributed by atoms with Crippen LogP contribution in [0.25, 0.3) is 0 Å². The number of carbonyl (C=O) groups is 2. The minimum absolute atomic E-state index is 0.0864. The molecule has 23 heavy (non-hydrogen) atoms. The lowest BCUT2D eigenvalue weighted by Crippen LogP contribution is -2.39. The number of nitrogens with one attached hydrogen (secondary N) is 2. The highest BCUT2D eigenvalue weighted by Gasteiger charge is 2.24. The van der Waals surface area contributed by atoms with E-state index in [1.807, 2.05) is 0 Å². The van der Waals surface area contributed by atoms with E-state index in [9.17, 15) is 9.59 Å². The molecule has 0 bridgehead atoms. The molecule has 1 aromatic rings. The molecule has 128 valence electrons. The Morgan fingerprint density at radius 1 is 1.39 bits per heavy atom. The van der Waals surface area contributed by atoms with Crippen molar-refractivity contribution in [2.75, 3.05) is 31.2 Å². The van der Waals surface area contributed by atoms with Crippen molar-refractivity contribution in [1.29, 1.82) is 0 Å². The lowest BCUT2D eigenvalue weighted by atomic mass is 10.3. The molecular weight excluding hydrogens is 334 g/mol. The van der Waals surface area contributed by atoms with E-state index < -0.39 is 0 Å². The van der Waals surface area contributed by atoms with Crippen molar-refractivity contribution in [2.45, 2.75) is 43.0 Å². The van der Waals surface area contributed by atoms with E-state index >= 15 is 0 Å². The fraction of sp³-hybridized carbons (Fsp3) is 0.714. The first-order valence-corrected chi connectivity index (χ1v) is 9.62. The molecule has 0 aliphatic heterocycles. The first-order valence-electron chi connectivity index (χ1n) is 7.82. The van der Waals surface area contributed by atoms with Crippen molar-refractivity contribution in [3.63, 3.8) is 0 Å². The van der Waals surface area contributed by atoms with Crippen molar-refractivity contribution >= 4 is 40.0 Å². The van der Waals surface area contributed by atoms with Crippen LogP contribution in [0.2, 0.25) is 0 Å². The van der Waals surface area contributed by atoms with Crippen LogP contribution in [0.1, 0.15) is 32.6 Å². The quantitative estimate of drug-likeness (QED) is 0.488. The zero-order valence-corrected chi connectivity index (χ0v) is 15.1. The Balaban J connectivity index is 1.67. The molecule has 1 aliphatic rings. The van der Waals surface area contributed by atoms with Gasteiger partial charge in [0.25, 0.3) is 0 Å². The molecule has 1 aliphatic carbocycles. The maximum absolute atomic E-state index is 12.0. The fourth-order valence-electron chi connectivity index (χ4n) is 1.75. The number of carbonyl (C=O) groups excluding carboxylic acids is 2. The molecule has 0 unspecified atom stereocenters. The summed E-state index contributed by atoms with van der Waals surface area (Å²) in [7, 11) is 1.65. The van der Waals surface area contributed by atoms with Gasteiger partial charge in [0.15, 0.2) is 4.34 Å². The average Bonchev–Trinajstić information content (AvgIpc) is 3.21. The maximum atomic E-state index is 12.0. The second kappa shape index (κ2) is 9.07. The van der Waals surface area contributed by atoms with E-state index in [-0.39, 0.29) is 24.1 Å². The Bertz CT molecular complexity index is 533. The van der Waals surface area contributed by atoms with Gasteiger partial charge in [0.2, 0.25) is 16.9 Å². The van der Waals surface area contributed by atoms with Crippen LogP contribution < -0.4 is 10.6 Å². The zero-order chi connectivity index (χ0) is 16.7. The Labute approximate surface area is 144 Å². The van der Waals surface area contributed by atoms with Gasteiger partial charge in [-0.3, -0.25) is 9.59 Å². The third-order valence-electron chi connectivity index (χ3n) is 3.28. The molecule has 1 fully saturated rings. The smallest absolute Gasteiger partial charge is 0.239 e. The summed E-state index contributed by atoms with van der Waals surface area (Å²) >= 11 is 2.80. The van der Waals surface area contributed by atoms with Gasteiger partial charge >= 0.3 is 0 Å². The van der Waals surface area contributed by atoms with Gasteiger partial charge in [-0.05, 0) is 19.3 Å². The topological polar surface area (TPSA) is 87.2 Å². The van der Waals surface area contributed by atoms with Crippen molar-refractivity contribution in [2.24, 2.45) is 0 Å². The first kappa shape index (κ1) is 18.0. The number of aromatic nitrogens is 2. The number of rotatable bonds is 10. The van der Waals surface area contributed by atoms with Gasteiger partial charge in [-0.25, -0.2) is 0 Å². The van der Waals surface area contributed by atoms with Crippen LogP contribution in [0.5, 0.6) is 0 Å². The van der Waals surface area contributed by atoms with E-state index in [4.69, 9.17) is 0 Å². The highest BCUT2D eigenvalue weighted by molar-refractivity contribution is 8.01. The third-order valence-corrected chi connectivity index (χ3v) is 5.28. The van der Waals surface area contributed by atoms with Gasteiger partial charge in [-0.2, -0.15) is 0 Å². The molecule has 0 spiro atoms. The largest absolute Gasteiger partial charge is 0.360 e. The van der Waals surface area contributed by atoms with Crippen LogP contribution >= 0.6 is 23.1 Å². The summed E-state index contributed by atoms with van der Waals surface area (Å²) in [5, 5.41) is 15.0. The number of nitrogens with zero attached hydrogens (tertiary/aromatic N) is 3. The van der Waals surface area contributed by atoms with Gasteiger partial charge in [0.05, 0.1) is 12.3 Å². The number of anilines is 1. The minimum Gasteiger partial charge on any atom is -0.360 e. The summed E-state index contributed by atoms with van der Waals surface area (Å²) in [6.45, 7) is 3.12. The van der Waals surface area contributed by atoms with Crippen LogP contribution in [0.4, 0.5) is 5.13 Å². The highest BCUT2D eigenvalue weighted by atomic mass is 32.2. The van der Waals surface area contributed by atoms with Gasteiger partial charge in [0.1, 0.15) is 0 Å². The summed E-state index contributed by atoms with van der Waals surface area (Å²) in [5.41, 5.74) is 0. The number of hydrogen-bond donors (Lipinski definition) is 2. The van der Waals surface area contributed by atoms with Crippen LogP contribution in [0, 0.1) is 0 Å². The van der Waals surface area contributed by atoms with E-state index in [0.29, 0.717) is 6.04 Å². The molecule has 0 atom stereocenters. The Morgan fingerprint density at radius 2 is 2.17 bits per heavy atom. The number of hydrogen-bond acceptors (Lipinski definition) is 7. The van der Waals surface area contributed by atoms with Gasteiger partial charge in [-0.1, -0.05) is 36.4 Å². The molecule has 1 heterocycles. The van der Waals surface area contributed by atoms with Crippen LogP contribution in [-0.2, 0) is 9.59 Å². The Hall–Kier alpha value is -1.35. The summed E-state index contributed by atoms with van der Waals surface area (Å²) in [6.07, 6.45) is 4.31. The number of likely N-dealkylation sites (N-methyl/N-ethyl adjacent to an activating group) is 1. The summed E-state index contributed by atoms with van der Waals surface area (Å²) in [6, 6.07) is 0.320. The molecule has 0 radical (unpaired) electrons. The van der Waals surface area contributed by atoms with Crippen LogP contribution in [0.3, 0.4) is 0 Å². The second-order valence-corrected chi connectivity index (χ2v) is 7.73. The van der Waals surface area contributed by atoms with Crippen LogP contribution in [-0.4, -0.2) is 58.8 Å². The predicted octanol–water partition coefficient (Wildman–Crippen LogP) is 1.58. The van der Waals surface area contributed by atoms with Crippen molar-refractivity contribution in [1.82, 2.24) is 20.4 Å². The molecule has 1 aromatic heterocycles. The average molecular weight is 358 g/mol. The zero-order valence-electron chi connectivity index (χ0n) is 13.5. The fourth-order valence-corrected chi connectivity index (χ4v) is 3.47. The van der Waals surface area contributed by atoms with Gasteiger partial charge < -0.3 is 15.5 Å². The van der Waals surface area contributed by atoms with Crippen molar-refractivity contribution < 1.29 is 9.59 Å². The minimum atomic E-state index is -0.0910. The summed E-state index contributed by atoms with van der Waals surface area (Å²) in [4.78, 5) is 25.2. The van der Waals surface area contributed by atoms with E-state index in [0.717, 1.165) is 41.7 Å². The van der Waals surface area contributed by atoms with Crippen molar-refractivity contribution in [3.05, 3.63) is 0 Å². The molecule has 0 aromatic carbocycles. The Morgan fingerprint density at radius 3 is 2.87 bits per heavy atom. The third kappa shape index (κ3) is 6.74. The SMILES string of the molecule is CCCCNc1nnc(SCC(=O)N(C)CC(=O)NC2CC2)s1. The number of unbranched alkanes of at least 4 members (excludes halogenated alkanes) is 1. The Kier molecular flexibility index (Phi) is 7.10. The summed E-state index contributed by atoms with van der Waals surface area (Å²) < 4.78 is 0.758. The molecule has 9 heteroatoms. The predicted molar refractivity (Wildman–Crippen MR) is 92.8 cm³/mol. The van der Waals surface area contributed by atoms with Crippen LogP contribution in [0.15, 0.2) is 4.34 Å². The summed E-state index contributed by atoms with van der Waals surface area (Å²) in [5.74, 6) is 0.0832. The molecule has 7 nitrogen and oxygen atoms in total. The standard InChI is InChI=1S/C14H23N5O2S2/c1-3-4-7-15-13-17-18-14(23-13)22-9-12(21)19(2)8-11(20)16-10-5-6-10/h10H,3-9H2,1-2H3,(H,15,17)(H,16,20). The lowest BCUT2D eigenvalue weighted by Gasteiger charge is -2.16. The monoisotopic (exact) mass is 357 g/mol. The van der Waals surface area contributed by atoms with Gasteiger partial charge in [-0.15, -0.1) is 10.2 Å². The van der Waals surface area contributed by atoms with E-state index in [2.05, 4.69) is 27.8 Å².